The maximum atomic E-state index is 12.6. The summed E-state index contributed by atoms with van der Waals surface area (Å²) in [6.45, 7) is 9.76. The second kappa shape index (κ2) is 8.33. The number of hydrogen-bond acceptors (Lipinski definition) is 3. The SMILES string of the molecule is COc1ccc(NC(=O)N2CCN(c3c(C)cccc3C(C)C)CC2)cc1. The molecule has 0 saturated carbocycles. The molecule has 5 nitrogen and oxygen atoms in total. The third-order valence-corrected chi connectivity index (χ3v) is 5.12. The Morgan fingerprint density at radius 2 is 1.70 bits per heavy atom. The van der Waals surface area contributed by atoms with Crippen molar-refractivity contribution in [3.05, 3.63) is 53.6 Å². The summed E-state index contributed by atoms with van der Waals surface area (Å²) < 4.78 is 5.15. The maximum absolute atomic E-state index is 12.6. The summed E-state index contributed by atoms with van der Waals surface area (Å²) in [5.74, 6) is 1.26. The number of aryl methyl sites for hydroxylation is 1. The Bertz CT molecular complexity index is 779. The number of ether oxygens (including phenoxy) is 1. The zero-order chi connectivity index (χ0) is 19.4. The second-order valence-electron chi connectivity index (χ2n) is 7.30. The Balaban J connectivity index is 1.62. The highest BCUT2D eigenvalue weighted by atomic mass is 16.5. The van der Waals surface area contributed by atoms with Crippen LogP contribution < -0.4 is 15.0 Å². The number of anilines is 2. The van der Waals surface area contributed by atoms with Crippen molar-refractivity contribution in [3.8, 4) is 5.75 Å². The lowest BCUT2D eigenvalue weighted by molar-refractivity contribution is 0.208. The number of amides is 2. The smallest absolute Gasteiger partial charge is 0.321 e. The molecule has 2 aromatic rings. The van der Waals surface area contributed by atoms with E-state index < -0.39 is 0 Å². The first-order valence-corrected chi connectivity index (χ1v) is 9.54. The largest absolute Gasteiger partial charge is 0.497 e. The fourth-order valence-electron chi connectivity index (χ4n) is 3.59. The van der Waals surface area contributed by atoms with Gasteiger partial charge in [-0.25, -0.2) is 4.79 Å². The van der Waals surface area contributed by atoms with E-state index in [1.807, 2.05) is 29.2 Å². The molecule has 1 N–H and O–H groups in total. The molecule has 0 bridgehead atoms. The topological polar surface area (TPSA) is 44.8 Å². The van der Waals surface area contributed by atoms with Crippen molar-refractivity contribution >= 4 is 17.4 Å². The van der Waals surface area contributed by atoms with E-state index in [4.69, 9.17) is 4.74 Å². The molecular weight excluding hydrogens is 338 g/mol. The summed E-state index contributed by atoms with van der Waals surface area (Å²) in [6.07, 6.45) is 0. The lowest BCUT2D eigenvalue weighted by Crippen LogP contribution is -2.50. The van der Waals surface area contributed by atoms with Gasteiger partial charge in [-0.15, -0.1) is 0 Å². The molecule has 144 valence electrons. The van der Waals surface area contributed by atoms with Crippen molar-refractivity contribution in [1.29, 1.82) is 0 Å². The first-order valence-electron chi connectivity index (χ1n) is 9.54. The molecule has 0 unspecified atom stereocenters. The molecule has 2 amide bonds. The number of methoxy groups -OCH3 is 1. The Morgan fingerprint density at radius 1 is 1.04 bits per heavy atom. The molecule has 0 atom stereocenters. The predicted octanol–water partition coefficient (Wildman–Crippen LogP) is 4.48. The van der Waals surface area contributed by atoms with E-state index in [1.165, 1.54) is 16.8 Å². The number of carbonyl (C=O) groups excluding carboxylic acids is 1. The van der Waals surface area contributed by atoms with E-state index >= 15 is 0 Å². The van der Waals surface area contributed by atoms with Crippen LogP contribution in [0.25, 0.3) is 0 Å². The van der Waals surface area contributed by atoms with Crippen LogP contribution in [0, 0.1) is 6.92 Å². The Labute approximate surface area is 161 Å². The molecule has 3 rings (SSSR count). The molecule has 1 fully saturated rings. The zero-order valence-electron chi connectivity index (χ0n) is 16.7. The normalized spacial score (nSPS) is 14.4. The van der Waals surface area contributed by atoms with Crippen LogP contribution in [0.5, 0.6) is 5.75 Å². The quantitative estimate of drug-likeness (QED) is 0.866. The molecule has 1 aliphatic heterocycles. The monoisotopic (exact) mass is 367 g/mol. The van der Waals surface area contributed by atoms with Gasteiger partial charge in [-0.05, 0) is 48.2 Å². The number of piperazine rings is 1. The molecule has 1 saturated heterocycles. The van der Waals surface area contributed by atoms with Gasteiger partial charge in [0, 0.05) is 37.6 Å². The summed E-state index contributed by atoms with van der Waals surface area (Å²) in [4.78, 5) is 16.9. The van der Waals surface area contributed by atoms with Gasteiger partial charge in [-0.2, -0.15) is 0 Å². The lowest BCUT2D eigenvalue weighted by atomic mass is 9.97. The first-order chi connectivity index (χ1) is 13.0. The number of benzene rings is 2. The van der Waals surface area contributed by atoms with Crippen molar-refractivity contribution < 1.29 is 9.53 Å². The number of nitrogens with one attached hydrogen (secondary N) is 1. The molecule has 5 heteroatoms. The number of nitrogens with zero attached hydrogens (tertiary/aromatic N) is 2. The van der Waals surface area contributed by atoms with Gasteiger partial charge in [0.25, 0.3) is 0 Å². The van der Waals surface area contributed by atoms with Crippen LogP contribution in [0.15, 0.2) is 42.5 Å². The van der Waals surface area contributed by atoms with E-state index in [0.29, 0.717) is 19.0 Å². The van der Waals surface area contributed by atoms with Crippen molar-refractivity contribution in [3.63, 3.8) is 0 Å². The van der Waals surface area contributed by atoms with E-state index in [9.17, 15) is 4.79 Å². The van der Waals surface area contributed by atoms with Gasteiger partial charge >= 0.3 is 6.03 Å². The van der Waals surface area contributed by atoms with Gasteiger partial charge in [-0.1, -0.05) is 32.0 Å². The first kappa shape index (κ1) is 19.1. The highest BCUT2D eigenvalue weighted by Gasteiger charge is 2.24. The summed E-state index contributed by atoms with van der Waals surface area (Å²) in [5, 5.41) is 2.97. The number of rotatable bonds is 4. The minimum atomic E-state index is -0.0475. The van der Waals surface area contributed by atoms with Gasteiger partial charge in [0.1, 0.15) is 5.75 Å². The van der Waals surface area contributed by atoms with Crippen molar-refractivity contribution in [2.24, 2.45) is 0 Å². The van der Waals surface area contributed by atoms with Gasteiger partial charge in [0.05, 0.1) is 7.11 Å². The van der Waals surface area contributed by atoms with Crippen LogP contribution in [-0.4, -0.2) is 44.2 Å². The molecule has 0 aromatic heterocycles. The zero-order valence-corrected chi connectivity index (χ0v) is 16.7. The van der Waals surface area contributed by atoms with E-state index in [2.05, 4.69) is 49.2 Å². The molecule has 1 heterocycles. The van der Waals surface area contributed by atoms with Gasteiger partial charge in [0.2, 0.25) is 0 Å². The standard InChI is InChI=1S/C22H29N3O2/c1-16(2)20-7-5-6-17(3)21(20)24-12-14-25(15-13-24)22(26)23-18-8-10-19(27-4)11-9-18/h5-11,16H,12-15H2,1-4H3,(H,23,26). The molecule has 0 aliphatic carbocycles. The Kier molecular flexibility index (Phi) is 5.89. The third kappa shape index (κ3) is 4.35. The Hall–Kier alpha value is -2.69. The van der Waals surface area contributed by atoms with Crippen LogP contribution >= 0.6 is 0 Å². The minimum absolute atomic E-state index is 0.0475. The fourth-order valence-corrected chi connectivity index (χ4v) is 3.59. The van der Waals surface area contributed by atoms with Gasteiger partial charge in [0.15, 0.2) is 0 Å². The summed E-state index contributed by atoms with van der Waals surface area (Å²) in [7, 11) is 1.63. The highest BCUT2D eigenvalue weighted by Crippen LogP contribution is 2.31. The van der Waals surface area contributed by atoms with E-state index in [-0.39, 0.29) is 6.03 Å². The average molecular weight is 367 g/mol. The van der Waals surface area contributed by atoms with Crippen LogP contribution in [0.3, 0.4) is 0 Å². The third-order valence-electron chi connectivity index (χ3n) is 5.12. The maximum Gasteiger partial charge on any atom is 0.321 e. The Morgan fingerprint density at radius 3 is 2.30 bits per heavy atom. The highest BCUT2D eigenvalue weighted by molar-refractivity contribution is 5.89. The number of carbonyl (C=O) groups is 1. The van der Waals surface area contributed by atoms with Crippen LogP contribution in [0.2, 0.25) is 0 Å². The predicted molar refractivity (Wildman–Crippen MR) is 111 cm³/mol. The minimum Gasteiger partial charge on any atom is -0.497 e. The molecule has 2 aromatic carbocycles. The van der Waals surface area contributed by atoms with Crippen molar-refractivity contribution in [2.45, 2.75) is 26.7 Å². The van der Waals surface area contributed by atoms with Crippen LogP contribution in [-0.2, 0) is 0 Å². The second-order valence-corrected chi connectivity index (χ2v) is 7.30. The summed E-state index contributed by atoms with van der Waals surface area (Å²) in [5.41, 5.74) is 4.80. The van der Waals surface area contributed by atoms with E-state index in [1.54, 1.807) is 7.11 Å². The molecule has 1 aliphatic rings. The molecule has 27 heavy (non-hydrogen) atoms. The van der Waals surface area contributed by atoms with Crippen molar-refractivity contribution in [2.75, 3.05) is 43.5 Å². The lowest BCUT2D eigenvalue weighted by Gasteiger charge is -2.38. The molecule has 0 spiro atoms. The average Bonchev–Trinajstić information content (AvgIpc) is 2.68. The molecular formula is C22H29N3O2. The fraction of sp³-hybridized carbons (Fsp3) is 0.409. The van der Waals surface area contributed by atoms with Gasteiger partial charge in [-0.3, -0.25) is 0 Å². The number of urea groups is 1. The van der Waals surface area contributed by atoms with Crippen LogP contribution in [0.1, 0.15) is 30.9 Å². The van der Waals surface area contributed by atoms with Crippen LogP contribution in [0.4, 0.5) is 16.2 Å². The number of hydrogen-bond donors (Lipinski definition) is 1. The summed E-state index contributed by atoms with van der Waals surface area (Å²) >= 11 is 0. The summed E-state index contributed by atoms with van der Waals surface area (Å²) in [6, 6.07) is 13.9. The molecule has 0 radical (unpaired) electrons. The van der Waals surface area contributed by atoms with Crippen molar-refractivity contribution in [1.82, 2.24) is 4.90 Å². The van der Waals surface area contributed by atoms with Gasteiger partial charge < -0.3 is 19.9 Å². The number of para-hydroxylation sites is 1. The van der Waals surface area contributed by atoms with E-state index in [0.717, 1.165) is 24.5 Å².